The molecule has 4 aromatic rings. The normalized spacial score (nSPS) is 18.4. The molecule has 0 spiro atoms. The summed E-state index contributed by atoms with van der Waals surface area (Å²) >= 11 is -5.14. The van der Waals surface area contributed by atoms with E-state index >= 15 is 0 Å². The fraction of sp³-hybridized carbons (Fsp3) is 0.417. The minimum absolute atomic E-state index is 0.0177. The Bertz CT molecular complexity index is 1910. The molecular weight excluding hydrogens is 854 g/mol. The number of hydrogen-bond acceptors (Lipinski definition) is 0. The van der Waals surface area contributed by atoms with Gasteiger partial charge in [0.2, 0.25) is 0 Å². The Kier molecular flexibility index (Phi) is 10.9. The summed E-state index contributed by atoms with van der Waals surface area (Å²) in [6, 6.07) is 32.0. The fourth-order valence-electron chi connectivity index (χ4n) is 9.57. The van der Waals surface area contributed by atoms with Gasteiger partial charge in [0, 0.05) is 0 Å². The molecule has 0 saturated heterocycles. The van der Waals surface area contributed by atoms with E-state index in [2.05, 4.69) is 179 Å². The predicted molar refractivity (Wildman–Crippen MR) is 232 cm³/mol. The van der Waals surface area contributed by atoms with Crippen LogP contribution < -0.4 is 0 Å². The van der Waals surface area contributed by atoms with Gasteiger partial charge in [-0.15, -0.1) is 0 Å². The Morgan fingerprint density at radius 1 is 0.538 bits per heavy atom. The number of hydrogen-bond donors (Lipinski definition) is 0. The number of fused-ring (bicyclic) bond motifs is 2. The summed E-state index contributed by atoms with van der Waals surface area (Å²) in [5.74, 6) is -0.695. The van der Waals surface area contributed by atoms with Crippen LogP contribution in [0, 0.1) is 11.8 Å². The topological polar surface area (TPSA) is 0 Å². The summed E-state index contributed by atoms with van der Waals surface area (Å²) in [6.07, 6.45) is 7.11. The molecule has 2 aliphatic carbocycles. The Morgan fingerprint density at radius 3 is 1.21 bits per heavy atom. The molecule has 2 aliphatic rings. The van der Waals surface area contributed by atoms with E-state index in [1.807, 2.05) is 0 Å². The van der Waals surface area contributed by atoms with E-state index in [0.717, 1.165) is 12.8 Å². The standard InChI is InChI=1S/2C23H27.C2H7Si.2ClH.Hf/c2*1-16(2)13-17-14-18-9-8-11-19(21(18)15-17)20-10-6-7-12-22(20)23(3,4)5;1-3-2;;;/h2*6-12,14-16H,13H2,1-5H3;3H,1-2H3;2*1H;/q;;;;;+2/p-2. The molecule has 0 heterocycles. The number of halogens is 2. The van der Waals surface area contributed by atoms with Crippen LogP contribution in [0.5, 0.6) is 0 Å². The molecule has 52 heavy (non-hydrogen) atoms. The third-order valence-electron chi connectivity index (χ3n) is 11.8. The SMILES string of the molecule is CC(C)CC1=Cc2c(-c3ccccc3C(C)(C)C)cccc2[CH]1[Hf]([Cl])([Cl])([CH]1C(CC(C)C)=Cc2c(-c3ccccc3C(C)(C)C)cccc21)[SiH](C)C. The van der Waals surface area contributed by atoms with E-state index in [9.17, 15) is 0 Å². The number of benzene rings is 4. The first-order valence-corrected chi connectivity index (χ1v) is 41.8. The first-order valence-electron chi connectivity index (χ1n) is 19.7. The summed E-state index contributed by atoms with van der Waals surface area (Å²) < 4.78 is 0.173. The van der Waals surface area contributed by atoms with E-state index in [-0.39, 0.29) is 18.2 Å². The Morgan fingerprint density at radius 2 is 0.885 bits per heavy atom. The Balaban J connectivity index is 1.64. The molecule has 0 fully saturated rings. The van der Waals surface area contributed by atoms with Gasteiger partial charge in [0.05, 0.1) is 0 Å². The average molecular weight is 915 g/mol. The van der Waals surface area contributed by atoms with Crippen molar-refractivity contribution in [3.8, 4) is 22.3 Å². The second kappa shape index (κ2) is 14.3. The second-order valence-corrected chi connectivity index (χ2v) is 78.4. The van der Waals surface area contributed by atoms with Gasteiger partial charge in [-0.3, -0.25) is 0 Å². The molecule has 275 valence electrons. The molecule has 4 aromatic carbocycles. The van der Waals surface area contributed by atoms with Crippen molar-refractivity contribution >= 4 is 35.3 Å². The van der Waals surface area contributed by atoms with Crippen molar-refractivity contribution in [1.82, 2.24) is 0 Å². The van der Waals surface area contributed by atoms with E-state index in [0.29, 0.717) is 11.8 Å². The van der Waals surface area contributed by atoms with Gasteiger partial charge in [0.1, 0.15) is 0 Å². The van der Waals surface area contributed by atoms with Crippen LogP contribution in [0.25, 0.3) is 34.4 Å². The van der Waals surface area contributed by atoms with Crippen LogP contribution in [0.2, 0.25) is 13.1 Å². The molecule has 0 aliphatic heterocycles. The second-order valence-electron chi connectivity index (χ2n) is 19.1. The molecule has 4 heteroatoms. The van der Waals surface area contributed by atoms with Crippen molar-refractivity contribution in [2.75, 3.05) is 0 Å². The molecule has 0 amide bonds. The monoisotopic (exact) mass is 915 g/mol. The molecule has 0 nitrogen and oxygen atoms in total. The summed E-state index contributed by atoms with van der Waals surface area (Å²) in [5.41, 5.74) is 16.5. The van der Waals surface area contributed by atoms with Crippen LogP contribution in [0.4, 0.5) is 0 Å². The zero-order valence-corrected chi connectivity index (χ0v) is 40.1. The molecular formula is C48H61Cl2HfSi. The van der Waals surface area contributed by atoms with Gasteiger partial charge in [0.15, 0.2) is 0 Å². The van der Waals surface area contributed by atoms with Crippen LogP contribution in [-0.4, -0.2) is 5.98 Å². The van der Waals surface area contributed by atoms with Gasteiger partial charge in [-0.05, 0) is 0 Å². The Hall–Kier alpha value is -1.97. The minimum atomic E-state index is -5.14. The van der Waals surface area contributed by atoms with Crippen LogP contribution in [0.15, 0.2) is 96.1 Å². The molecule has 0 N–H and O–H groups in total. The van der Waals surface area contributed by atoms with Gasteiger partial charge in [-0.1, -0.05) is 0 Å². The molecule has 0 aromatic heterocycles. The van der Waals surface area contributed by atoms with Gasteiger partial charge in [0.25, 0.3) is 0 Å². The van der Waals surface area contributed by atoms with Crippen molar-refractivity contribution < 1.29 is 15.3 Å². The fourth-order valence-corrected chi connectivity index (χ4v) is 54.0. The maximum atomic E-state index is 8.92. The Labute approximate surface area is 325 Å². The van der Waals surface area contributed by atoms with Crippen molar-refractivity contribution in [2.45, 2.75) is 113 Å². The van der Waals surface area contributed by atoms with Crippen molar-refractivity contribution in [3.05, 3.63) is 129 Å². The average Bonchev–Trinajstić information content (AvgIpc) is 3.62. The predicted octanol–water partition coefficient (Wildman–Crippen LogP) is 15.3. The summed E-state index contributed by atoms with van der Waals surface area (Å²) in [6.45, 7) is 28.3. The zero-order chi connectivity index (χ0) is 38.0. The first kappa shape index (κ1) is 39.7. The van der Waals surface area contributed by atoms with Gasteiger partial charge in [-0.25, -0.2) is 0 Å². The van der Waals surface area contributed by atoms with Crippen molar-refractivity contribution in [1.29, 1.82) is 0 Å². The van der Waals surface area contributed by atoms with Gasteiger partial charge < -0.3 is 0 Å². The quantitative estimate of drug-likeness (QED) is 0.147. The van der Waals surface area contributed by atoms with Crippen LogP contribution in [0.1, 0.15) is 123 Å². The molecule has 0 bridgehead atoms. The van der Waals surface area contributed by atoms with Crippen LogP contribution >= 0.6 is 17.2 Å². The van der Waals surface area contributed by atoms with E-state index in [1.54, 1.807) is 0 Å². The first-order chi connectivity index (χ1) is 24.2. The van der Waals surface area contributed by atoms with Crippen LogP contribution in [0.3, 0.4) is 0 Å². The van der Waals surface area contributed by atoms with E-state index < -0.39 is 21.3 Å². The van der Waals surface area contributed by atoms with Crippen LogP contribution in [-0.2, 0) is 26.1 Å². The zero-order valence-electron chi connectivity index (χ0n) is 33.8. The maximum absolute atomic E-state index is 8.92. The molecule has 2 unspecified atom stereocenters. The summed E-state index contributed by atoms with van der Waals surface area (Å²) in [4.78, 5) is 0. The van der Waals surface area contributed by atoms with E-state index in [1.165, 1.54) is 66.8 Å². The third kappa shape index (κ3) is 6.90. The van der Waals surface area contributed by atoms with E-state index in [4.69, 9.17) is 17.2 Å². The van der Waals surface area contributed by atoms with Crippen molar-refractivity contribution in [2.24, 2.45) is 11.8 Å². The number of rotatable bonds is 9. The molecule has 6 rings (SSSR count). The van der Waals surface area contributed by atoms with Crippen molar-refractivity contribution in [3.63, 3.8) is 0 Å². The number of allylic oxidation sites excluding steroid dienone is 2. The van der Waals surface area contributed by atoms with Gasteiger partial charge >= 0.3 is 327 Å². The summed E-state index contributed by atoms with van der Waals surface area (Å²) in [5, 5.41) is 0. The molecule has 2 atom stereocenters. The molecule has 0 saturated carbocycles. The third-order valence-corrected chi connectivity index (χ3v) is 84.7. The summed E-state index contributed by atoms with van der Waals surface area (Å²) in [7, 11) is 17.8. The molecule has 0 radical (unpaired) electrons. The van der Waals surface area contributed by atoms with Gasteiger partial charge in [-0.2, -0.15) is 0 Å².